The van der Waals surface area contributed by atoms with Crippen molar-refractivity contribution in [3.63, 3.8) is 0 Å². The number of rotatable bonds is 0. The lowest BCUT2D eigenvalue weighted by Crippen LogP contribution is -2.37. The van der Waals surface area contributed by atoms with Crippen LogP contribution >= 0.6 is 0 Å². The van der Waals surface area contributed by atoms with Crippen LogP contribution in [0.15, 0.2) is 0 Å². The van der Waals surface area contributed by atoms with Crippen LogP contribution in [0.1, 0.15) is 13.3 Å². The predicted molar refractivity (Wildman–Crippen MR) is 30.2 cm³/mol. The molecule has 3 N–H and O–H groups in total. The van der Waals surface area contributed by atoms with E-state index in [-0.39, 0.29) is 11.4 Å². The molecule has 8 heavy (non-hydrogen) atoms. The summed E-state index contributed by atoms with van der Waals surface area (Å²) in [6.07, 6.45) is 0.465. The largest absolute Gasteiger partial charge is 0.354 e. The van der Waals surface area contributed by atoms with Gasteiger partial charge in [0.1, 0.15) is 0 Å². The molecule has 1 atom stereocenters. The minimum atomic E-state index is -0.295. The Labute approximate surface area is 48.2 Å². The average molecular weight is 114 g/mol. The molecule has 0 aromatic heterocycles. The fourth-order valence-electron chi connectivity index (χ4n) is 0.792. The average Bonchev–Trinajstić information content (AvgIpc) is 1.82. The molecule has 1 rings (SSSR count). The van der Waals surface area contributed by atoms with Crippen LogP contribution < -0.4 is 11.1 Å². The van der Waals surface area contributed by atoms with Gasteiger partial charge in [-0.3, -0.25) is 4.79 Å². The molecule has 0 radical (unpaired) electrons. The third-order valence-corrected chi connectivity index (χ3v) is 1.25. The van der Waals surface area contributed by atoms with Crippen LogP contribution in [0.5, 0.6) is 0 Å². The van der Waals surface area contributed by atoms with E-state index < -0.39 is 0 Å². The molecule has 0 bridgehead atoms. The number of hydrogen-bond donors (Lipinski definition) is 2. The lowest BCUT2D eigenvalue weighted by atomic mass is 10.0. The molecule has 1 aliphatic rings. The van der Waals surface area contributed by atoms with Crippen molar-refractivity contribution in [2.24, 2.45) is 5.73 Å². The number of carbonyl (C=O) groups excluding carboxylic acids is 1. The summed E-state index contributed by atoms with van der Waals surface area (Å²) in [5.41, 5.74) is 5.29. The molecule has 0 aromatic rings. The van der Waals surface area contributed by atoms with Gasteiger partial charge in [-0.1, -0.05) is 0 Å². The summed E-state index contributed by atoms with van der Waals surface area (Å²) in [6, 6.07) is 0. The van der Waals surface area contributed by atoms with Gasteiger partial charge in [0.05, 0.1) is 0 Å². The zero-order valence-corrected chi connectivity index (χ0v) is 4.90. The zero-order chi connectivity index (χ0) is 6.20. The molecule has 1 amide bonds. The van der Waals surface area contributed by atoms with Gasteiger partial charge in [0.2, 0.25) is 5.91 Å². The Morgan fingerprint density at radius 2 is 2.50 bits per heavy atom. The van der Waals surface area contributed by atoms with Crippen LogP contribution in [0.2, 0.25) is 0 Å². The van der Waals surface area contributed by atoms with E-state index in [9.17, 15) is 4.79 Å². The van der Waals surface area contributed by atoms with Gasteiger partial charge in [-0.05, 0) is 6.92 Å². The monoisotopic (exact) mass is 114 g/mol. The molecule has 1 aliphatic heterocycles. The predicted octanol–water partition coefficient (Wildman–Crippen LogP) is -0.776. The first-order valence-electron chi connectivity index (χ1n) is 2.66. The molecule has 0 aliphatic carbocycles. The second-order valence-corrected chi connectivity index (χ2v) is 2.61. The summed E-state index contributed by atoms with van der Waals surface area (Å²) in [6.45, 7) is 2.48. The highest BCUT2D eigenvalue weighted by molar-refractivity contribution is 5.79. The molecule has 0 saturated carbocycles. The van der Waals surface area contributed by atoms with Crippen LogP contribution in [-0.4, -0.2) is 18.0 Å². The Hall–Kier alpha value is -0.570. The van der Waals surface area contributed by atoms with Crippen molar-refractivity contribution in [2.45, 2.75) is 18.9 Å². The number of amides is 1. The van der Waals surface area contributed by atoms with Crippen molar-refractivity contribution >= 4 is 5.91 Å². The second-order valence-electron chi connectivity index (χ2n) is 2.61. The Bertz CT molecular complexity index is 120. The third kappa shape index (κ3) is 0.980. The van der Waals surface area contributed by atoms with Crippen molar-refractivity contribution in [2.75, 3.05) is 6.54 Å². The summed E-state index contributed by atoms with van der Waals surface area (Å²) < 4.78 is 0. The molecule has 0 spiro atoms. The van der Waals surface area contributed by atoms with Gasteiger partial charge in [0.25, 0.3) is 0 Å². The summed E-state index contributed by atoms with van der Waals surface area (Å²) in [5.74, 6) is 0.0648. The summed E-state index contributed by atoms with van der Waals surface area (Å²) in [7, 11) is 0. The number of nitrogens with two attached hydrogens (primary N) is 1. The van der Waals surface area contributed by atoms with Crippen LogP contribution in [0.25, 0.3) is 0 Å². The van der Waals surface area contributed by atoms with E-state index in [1.165, 1.54) is 0 Å². The Morgan fingerprint density at radius 1 is 1.88 bits per heavy atom. The summed E-state index contributed by atoms with van der Waals surface area (Å²) >= 11 is 0. The van der Waals surface area contributed by atoms with E-state index in [0.717, 1.165) is 0 Å². The van der Waals surface area contributed by atoms with E-state index in [1.54, 1.807) is 0 Å². The van der Waals surface area contributed by atoms with Gasteiger partial charge in [-0.15, -0.1) is 0 Å². The smallest absolute Gasteiger partial charge is 0.221 e. The van der Waals surface area contributed by atoms with Crippen LogP contribution in [0, 0.1) is 0 Å². The highest BCUT2D eigenvalue weighted by Crippen LogP contribution is 2.08. The van der Waals surface area contributed by atoms with Crippen molar-refractivity contribution in [1.29, 1.82) is 0 Å². The maximum Gasteiger partial charge on any atom is 0.221 e. The third-order valence-electron chi connectivity index (χ3n) is 1.25. The molecule has 0 unspecified atom stereocenters. The first kappa shape index (κ1) is 5.56. The minimum Gasteiger partial charge on any atom is -0.354 e. The molecule has 0 aromatic carbocycles. The van der Waals surface area contributed by atoms with E-state index in [1.807, 2.05) is 6.92 Å². The topological polar surface area (TPSA) is 55.1 Å². The van der Waals surface area contributed by atoms with Crippen LogP contribution in [0.3, 0.4) is 0 Å². The Morgan fingerprint density at radius 3 is 2.62 bits per heavy atom. The SMILES string of the molecule is C[C@@]1(N)CNC(=O)C1. The first-order valence-corrected chi connectivity index (χ1v) is 2.66. The highest BCUT2D eigenvalue weighted by atomic mass is 16.1. The van der Waals surface area contributed by atoms with Crippen LogP contribution in [-0.2, 0) is 4.79 Å². The fraction of sp³-hybridized carbons (Fsp3) is 0.800. The normalized spacial score (nSPS) is 37.5. The van der Waals surface area contributed by atoms with Gasteiger partial charge in [-0.25, -0.2) is 0 Å². The van der Waals surface area contributed by atoms with Gasteiger partial charge in [0, 0.05) is 18.5 Å². The molecule has 1 saturated heterocycles. The molecule has 1 fully saturated rings. The highest BCUT2D eigenvalue weighted by Gasteiger charge is 2.28. The first-order chi connectivity index (χ1) is 3.60. The van der Waals surface area contributed by atoms with E-state index in [2.05, 4.69) is 5.32 Å². The van der Waals surface area contributed by atoms with Gasteiger partial charge >= 0.3 is 0 Å². The maximum atomic E-state index is 10.5. The van der Waals surface area contributed by atoms with Gasteiger partial charge in [0.15, 0.2) is 0 Å². The van der Waals surface area contributed by atoms with Crippen molar-refractivity contribution in [3.8, 4) is 0 Å². The van der Waals surface area contributed by atoms with Gasteiger partial charge < -0.3 is 11.1 Å². The molecule has 1 heterocycles. The quantitative estimate of drug-likeness (QED) is 0.434. The lowest BCUT2D eigenvalue weighted by molar-refractivity contribution is -0.119. The molecule has 46 valence electrons. The number of hydrogen-bond acceptors (Lipinski definition) is 2. The van der Waals surface area contributed by atoms with Gasteiger partial charge in [-0.2, -0.15) is 0 Å². The van der Waals surface area contributed by atoms with Crippen molar-refractivity contribution in [3.05, 3.63) is 0 Å². The number of nitrogens with one attached hydrogen (secondary N) is 1. The second kappa shape index (κ2) is 1.45. The fourth-order valence-corrected chi connectivity index (χ4v) is 0.792. The molecule has 3 heteroatoms. The Balaban J connectivity index is 2.56. The molecular formula is C5H10N2O. The minimum absolute atomic E-state index is 0.0648. The van der Waals surface area contributed by atoms with Crippen molar-refractivity contribution in [1.82, 2.24) is 5.32 Å². The molecule has 3 nitrogen and oxygen atoms in total. The van der Waals surface area contributed by atoms with E-state index in [4.69, 9.17) is 5.73 Å². The standard InChI is InChI=1S/C5H10N2O/c1-5(6)2-4(8)7-3-5/h2-3,6H2,1H3,(H,7,8)/t5-/m0/s1. The Kier molecular flexibility index (Phi) is 1.01. The summed E-state index contributed by atoms with van der Waals surface area (Å²) in [4.78, 5) is 10.5. The summed E-state index contributed by atoms with van der Waals surface area (Å²) in [5, 5.41) is 2.65. The van der Waals surface area contributed by atoms with E-state index in [0.29, 0.717) is 13.0 Å². The number of carbonyl (C=O) groups is 1. The molecular weight excluding hydrogens is 104 g/mol. The van der Waals surface area contributed by atoms with E-state index >= 15 is 0 Å². The van der Waals surface area contributed by atoms with Crippen molar-refractivity contribution < 1.29 is 4.79 Å². The lowest BCUT2D eigenvalue weighted by Gasteiger charge is -2.11. The zero-order valence-electron chi connectivity index (χ0n) is 4.90. The maximum absolute atomic E-state index is 10.5. The van der Waals surface area contributed by atoms with Crippen LogP contribution in [0.4, 0.5) is 0 Å².